The maximum Gasteiger partial charge on any atom is 0.260 e. The van der Waals surface area contributed by atoms with Crippen LogP contribution in [0.4, 0.5) is 0 Å². The molecule has 6 nitrogen and oxygen atoms in total. The lowest BCUT2D eigenvalue weighted by molar-refractivity contribution is -0.645. The molecule has 316 valence electrons. The van der Waals surface area contributed by atoms with Crippen molar-refractivity contribution in [1.82, 2.24) is 0 Å². The minimum absolute atomic E-state index is 0.0167. The number of methoxy groups -OCH3 is 2. The molecule has 60 heavy (non-hydrogen) atoms. The average molecular weight is 891 g/mol. The van der Waals surface area contributed by atoms with E-state index in [0.29, 0.717) is 64.3 Å². The number of benzene rings is 4. The molecule has 8 aliphatic carbocycles. The first-order valence-corrected chi connectivity index (χ1v) is 23.0. The van der Waals surface area contributed by atoms with E-state index in [1.54, 1.807) is 14.2 Å². The molecule has 13 rings (SSSR count). The van der Waals surface area contributed by atoms with Crippen molar-refractivity contribution in [3.63, 3.8) is 0 Å². The molecular weight excluding hydrogens is 838 g/mol. The Bertz CT molecular complexity index is 2210. The van der Waals surface area contributed by atoms with E-state index in [-0.39, 0.29) is 9.75 Å². The molecule has 0 N–H and O–H groups in total. The number of allylic oxidation sites excluding steroid dienone is 1. The molecule has 8 saturated carbocycles. The third kappa shape index (κ3) is 7.15. The molecule has 1 saturated heterocycles. The molecule has 0 amide bonds. The van der Waals surface area contributed by atoms with Crippen molar-refractivity contribution in [2.45, 2.75) is 98.6 Å². The summed E-state index contributed by atoms with van der Waals surface area (Å²) in [7, 11) is 3.48. The smallest absolute Gasteiger partial charge is 0.260 e. The molecule has 5 atom stereocenters. The van der Waals surface area contributed by atoms with Gasteiger partial charge in [0.25, 0.3) is 5.79 Å². The predicted octanol–water partition coefficient (Wildman–Crippen LogP) is 13.3. The van der Waals surface area contributed by atoms with Crippen LogP contribution in [0.15, 0.2) is 103 Å². The monoisotopic (exact) mass is 888 g/mol. The number of rotatable bonds is 10. The minimum Gasteiger partial charge on any atom is -0.496 e. The van der Waals surface area contributed by atoms with E-state index in [1.165, 1.54) is 24.8 Å². The summed E-state index contributed by atoms with van der Waals surface area (Å²) in [6.07, 6.45) is 11.1. The van der Waals surface area contributed by atoms with Crippen molar-refractivity contribution < 1.29 is 28.7 Å². The highest BCUT2D eigenvalue weighted by Gasteiger charge is 2.78. The first kappa shape index (κ1) is 41.1. The highest BCUT2D eigenvalue weighted by Crippen LogP contribution is 2.71. The lowest BCUT2D eigenvalue weighted by Crippen LogP contribution is -2.78. The van der Waals surface area contributed by atoms with E-state index in [9.17, 15) is 0 Å². The summed E-state index contributed by atoms with van der Waals surface area (Å²) in [4.78, 5) is 11.8. The molecule has 9 fully saturated rings. The van der Waals surface area contributed by atoms with Crippen molar-refractivity contribution in [3.8, 4) is 11.5 Å². The maximum atomic E-state index is 6.99. The fraction of sp³-hybridized carbons (Fsp3) is 0.480. The molecule has 8 bridgehead atoms. The van der Waals surface area contributed by atoms with Gasteiger partial charge in [-0.1, -0.05) is 89.9 Å². The van der Waals surface area contributed by atoms with Crippen molar-refractivity contribution in [2.75, 3.05) is 14.2 Å². The van der Waals surface area contributed by atoms with Gasteiger partial charge in [-0.05, 0) is 147 Å². The van der Waals surface area contributed by atoms with Crippen LogP contribution in [-0.2, 0) is 38.2 Å². The Balaban J connectivity index is 0.000000145. The Morgan fingerprint density at radius 2 is 1.15 bits per heavy atom. The van der Waals surface area contributed by atoms with Gasteiger partial charge in [0.05, 0.1) is 17.2 Å². The van der Waals surface area contributed by atoms with Gasteiger partial charge >= 0.3 is 0 Å². The van der Waals surface area contributed by atoms with Crippen molar-refractivity contribution in [2.24, 2.45) is 35.5 Å². The first-order chi connectivity index (χ1) is 29.0. The SMILES string of the molecule is COC(=C1C2CC3CC1CC(Cl)(C3)C2)c1ccc(Cl)c(OCc2ccccc2)c1.COC1(c2ccc(Cl)c(OCc3ccccc3)c2)OOC12C1CC3CC2CC(Cl)(C3)C1. The summed E-state index contributed by atoms with van der Waals surface area (Å²) in [6, 6.07) is 31.9. The Morgan fingerprint density at radius 3 is 1.65 bits per heavy atom. The molecule has 1 aliphatic heterocycles. The topological polar surface area (TPSA) is 55.4 Å². The van der Waals surface area contributed by atoms with Gasteiger partial charge in [0, 0.05) is 28.0 Å². The standard InChI is InChI=1S/C25H26Cl2O4.C25H26Cl2O2/c1-28-25(18-7-8-21(26)22(11-18)29-15-16-5-3-2-4-6-16)24(30-31-25)19-9-17-10-20(24)14-23(27,12-17)13-19;1-28-24(23-19-9-17-10-20(23)14-25(27,12-17)13-19)18-7-8-21(26)22(11-18)29-15-16-5-3-2-4-6-16/h2-8,11,17,19-20H,9-10,12-15H2,1H3;2-8,11,17,19-20H,9-10,12-15H2,1H3. The number of halogens is 4. The quantitative estimate of drug-likeness (QED) is 0.0898. The number of ether oxygens (including phenoxy) is 4. The third-order valence-corrected chi connectivity index (χ3v) is 16.4. The molecule has 1 heterocycles. The van der Waals surface area contributed by atoms with Gasteiger partial charge < -0.3 is 18.9 Å². The Hall–Kier alpha value is -2.94. The Kier molecular flexibility index (Phi) is 11.0. The van der Waals surface area contributed by atoms with Crippen molar-refractivity contribution in [1.29, 1.82) is 0 Å². The molecule has 10 heteroatoms. The first-order valence-electron chi connectivity index (χ1n) is 21.5. The normalized spacial score (nSPS) is 35.1. The van der Waals surface area contributed by atoms with Crippen LogP contribution < -0.4 is 9.47 Å². The van der Waals surface area contributed by atoms with Gasteiger partial charge in [-0.3, -0.25) is 0 Å². The molecule has 5 unspecified atom stereocenters. The fourth-order valence-corrected chi connectivity index (χ4v) is 14.4. The van der Waals surface area contributed by atoms with E-state index < -0.39 is 11.4 Å². The minimum atomic E-state index is -0.974. The van der Waals surface area contributed by atoms with Crippen LogP contribution in [-0.4, -0.2) is 29.6 Å². The van der Waals surface area contributed by atoms with Crippen LogP contribution in [0.25, 0.3) is 5.76 Å². The van der Waals surface area contributed by atoms with Crippen LogP contribution >= 0.6 is 46.4 Å². The molecular formula is C50H52Cl4O6. The summed E-state index contributed by atoms with van der Waals surface area (Å²) in [6.45, 7) is 0.929. The van der Waals surface area contributed by atoms with Crippen LogP contribution in [0.1, 0.15) is 86.5 Å². The van der Waals surface area contributed by atoms with E-state index in [1.807, 2.05) is 84.9 Å². The van der Waals surface area contributed by atoms with E-state index >= 15 is 0 Å². The second-order valence-corrected chi connectivity index (χ2v) is 21.0. The molecule has 4 aromatic rings. The summed E-state index contributed by atoms with van der Waals surface area (Å²) in [5.74, 6) is 4.50. The third-order valence-electron chi connectivity index (χ3n) is 14.9. The maximum absolute atomic E-state index is 6.99. The molecule has 1 spiro atoms. The van der Waals surface area contributed by atoms with Crippen LogP contribution in [0.2, 0.25) is 10.0 Å². The highest BCUT2D eigenvalue weighted by molar-refractivity contribution is 6.32. The van der Waals surface area contributed by atoms with Gasteiger partial charge in [0.15, 0.2) is 5.60 Å². The fourth-order valence-electron chi connectivity index (χ4n) is 12.9. The van der Waals surface area contributed by atoms with Crippen molar-refractivity contribution >= 4 is 52.2 Å². The highest BCUT2D eigenvalue weighted by atomic mass is 35.5. The predicted molar refractivity (Wildman–Crippen MR) is 236 cm³/mol. The molecule has 0 radical (unpaired) electrons. The second-order valence-electron chi connectivity index (χ2n) is 18.6. The largest absolute Gasteiger partial charge is 0.496 e. The van der Waals surface area contributed by atoms with Crippen LogP contribution in [0.3, 0.4) is 0 Å². The lowest BCUT2D eigenvalue weighted by atomic mass is 9.46. The van der Waals surface area contributed by atoms with Crippen LogP contribution in [0.5, 0.6) is 11.5 Å². The van der Waals surface area contributed by atoms with E-state index in [2.05, 4.69) is 12.1 Å². The van der Waals surface area contributed by atoms with Crippen molar-refractivity contribution in [3.05, 3.63) is 135 Å². The molecule has 0 aromatic heterocycles. The van der Waals surface area contributed by atoms with Gasteiger partial charge in [0.2, 0.25) is 0 Å². The summed E-state index contributed by atoms with van der Waals surface area (Å²) in [5.41, 5.74) is 5.08. The zero-order valence-corrected chi connectivity index (χ0v) is 37.2. The average Bonchev–Trinajstić information content (AvgIpc) is 3.22. The summed E-state index contributed by atoms with van der Waals surface area (Å²) < 4.78 is 24.3. The molecule has 9 aliphatic rings. The molecule has 4 aromatic carbocycles. The van der Waals surface area contributed by atoms with E-state index in [4.69, 9.17) is 75.1 Å². The summed E-state index contributed by atoms with van der Waals surface area (Å²) >= 11 is 26.8. The second kappa shape index (κ2) is 16.0. The Labute approximate surface area is 373 Å². The number of alkyl halides is 2. The van der Waals surface area contributed by atoms with Crippen LogP contribution in [0, 0.1) is 35.5 Å². The van der Waals surface area contributed by atoms with E-state index in [0.717, 1.165) is 78.9 Å². The van der Waals surface area contributed by atoms with Gasteiger partial charge in [-0.2, -0.15) is 4.89 Å². The zero-order chi connectivity index (χ0) is 41.3. The Morgan fingerprint density at radius 1 is 0.617 bits per heavy atom. The lowest BCUT2D eigenvalue weighted by Gasteiger charge is -2.70. The zero-order valence-electron chi connectivity index (χ0n) is 34.1. The summed E-state index contributed by atoms with van der Waals surface area (Å²) in [5, 5.41) is 1.18. The van der Waals surface area contributed by atoms with Gasteiger partial charge in [-0.15, -0.1) is 23.2 Å². The van der Waals surface area contributed by atoms with Gasteiger partial charge in [-0.25, -0.2) is 4.89 Å². The van der Waals surface area contributed by atoms with Gasteiger partial charge in [0.1, 0.15) is 30.5 Å². The number of hydrogen-bond acceptors (Lipinski definition) is 6. The number of hydrogen-bond donors (Lipinski definition) is 0.